The van der Waals surface area contributed by atoms with Crippen molar-refractivity contribution in [1.29, 1.82) is 0 Å². The number of amides is 1. The number of rotatable bonds is 9. The Bertz CT molecular complexity index is 1200. The molecule has 1 N–H and O–H groups in total. The Morgan fingerprint density at radius 2 is 1.91 bits per heavy atom. The number of unbranched alkanes of at least 4 members (excludes halogenated alkanes) is 1. The molecule has 1 aromatic heterocycles. The second-order valence-corrected chi connectivity index (χ2v) is 7.66. The summed E-state index contributed by atoms with van der Waals surface area (Å²) in [7, 11) is 0. The topological polar surface area (TPSA) is 56.1 Å². The highest BCUT2D eigenvalue weighted by atomic mass is 19.1. The van der Waals surface area contributed by atoms with Gasteiger partial charge in [0, 0.05) is 18.7 Å². The molecule has 4 aromatic rings. The van der Waals surface area contributed by atoms with Gasteiger partial charge in [0.05, 0.1) is 11.0 Å². The van der Waals surface area contributed by atoms with Crippen LogP contribution in [0.2, 0.25) is 0 Å². The molecule has 3 aromatic carbocycles. The second-order valence-electron chi connectivity index (χ2n) is 7.66. The molecule has 164 valence electrons. The number of nitrogens with one attached hydrogen (secondary N) is 1. The van der Waals surface area contributed by atoms with Crippen molar-refractivity contribution < 1.29 is 13.9 Å². The zero-order valence-electron chi connectivity index (χ0n) is 18.1. The minimum absolute atomic E-state index is 0.109. The fourth-order valence-electron chi connectivity index (χ4n) is 3.57. The number of ether oxygens (including phenoxy) is 1. The molecule has 1 amide bonds. The number of benzene rings is 3. The van der Waals surface area contributed by atoms with Gasteiger partial charge in [-0.2, -0.15) is 0 Å². The summed E-state index contributed by atoms with van der Waals surface area (Å²) in [4.78, 5) is 17.2. The van der Waals surface area contributed by atoms with E-state index in [4.69, 9.17) is 9.72 Å². The highest BCUT2D eigenvalue weighted by Crippen LogP contribution is 2.22. The standard InChI is InChI=1S/C26H26FN3O2/c1-2-3-14-28-26(31)20-12-13-24-23(16-20)29-25(18-32-22-10-5-4-6-11-22)30(24)17-19-8-7-9-21(27)15-19/h4-13,15-16H,2-3,14,17-18H2,1H3,(H,28,31). The molecule has 0 radical (unpaired) electrons. The Kier molecular flexibility index (Phi) is 6.80. The van der Waals surface area contributed by atoms with Crippen molar-refractivity contribution in [2.75, 3.05) is 6.54 Å². The Balaban J connectivity index is 1.65. The lowest BCUT2D eigenvalue weighted by molar-refractivity contribution is 0.0953. The van der Waals surface area contributed by atoms with Crippen LogP contribution in [0.5, 0.6) is 5.75 Å². The van der Waals surface area contributed by atoms with Crippen LogP contribution in [-0.2, 0) is 13.2 Å². The van der Waals surface area contributed by atoms with Crippen LogP contribution in [0.25, 0.3) is 11.0 Å². The lowest BCUT2D eigenvalue weighted by Gasteiger charge is -2.11. The first-order chi connectivity index (χ1) is 15.6. The summed E-state index contributed by atoms with van der Waals surface area (Å²) in [6.45, 7) is 3.44. The van der Waals surface area contributed by atoms with E-state index in [0.717, 1.165) is 29.7 Å². The number of imidazole rings is 1. The largest absolute Gasteiger partial charge is 0.486 e. The van der Waals surface area contributed by atoms with Crippen LogP contribution in [0.15, 0.2) is 72.8 Å². The maximum absolute atomic E-state index is 13.8. The molecular formula is C26H26FN3O2. The van der Waals surface area contributed by atoms with Gasteiger partial charge in [-0.3, -0.25) is 4.79 Å². The molecule has 0 unspecified atom stereocenters. The third kappa shape index (κ3) is 5.14. The lowest BCUT2D eigenvalue weighted by atomic mass is 10.1. The third-order valence-electron chi connectivity index (χ3n) is 5.25. The monoisotopic (exact) mass is 431 g/mol. The number of aromatic nitrogens is 2. The van der Waals surface area contributed by atoms with Crippen LogP contribution in [0, 0.1) is 5.82 Å². The number of nitrogens with zero attached hydrogens (tertiary/aromatic N) is 2. The average molecular weight is 432 g/mol. The van der Waals surface area contributed by atoms with Crippen molar-refractivity contribution in [1.82, 2.24) is 14.9 Å². The normalized spacial score (nSPS) is 10.9. The van der Waals surface area contributed by atoms with Gasteiger partial charge < -0.3 is 14.6 Å². The number of halogens is 1. The number of hydrogen-bond acceptors (Lipinski definition) is 3. The molecule has 0 bridgehead atoms. The highest BCUT2D eigenvalue weighted by Gasteiger charge is 2.15. The Labute approximate surface area is 186 Å². The SMILES string of the molecule is CCCCNC(=O)c1ccc2c(c1)nc(COc1ccccc1)n2Cc1cccc(F)c1. The van der Waals surface area contributed by atoms with Crippen molar-refractivity contribution >= 4 is 16.9 Å². The van der Waals surface area contributed by atoms with Gasteiger partial charge >= 0.3 is 0 Å². The molecule has 32 heavy (non-hydrogen) atoms. The summed E-state index contributed by atoms with van der Waals surface area (Å²) >= 11 is 0. The van der Waals surface area contributed by atoms with E-state index in [1.54, 1.807) is 18.2 Å². The second kappa shape index (κ2) is 10.1. The van der Waals surface area contributed by atoms with Crippen LogP contribution in [0.3, 0.4) is 0 Å². The molecule has 1 heterocycles. The zero-order valence-corrected chi connectivity index (χ0v) is 18.1. The van der Waals surface area contributed by atoms with E-state index in [0.29, 0.717) is 30.0 Å². The number of carbonyl (C=O) groups excluding carboxylic acids is 1. The van der Waals surface area contributed by atoms with E-state index in [1.165, 1.54) is 12.1 Å². The number of para-hydroxylation sites is 1. The first-order valence-electron chi connectivity index (χ1n) is 10.8. The van der Waals surface area contributed by atoms with E-state index in [-0.39, 0.29) is 18.3 Å². The van der Waals surface area contributed by atoms with Gasteiger partial charge in [-0.1, -0.05) is 43.7 Å². The summed E-state index contributed by atoms with van der Waals surface area (Å²) in [5.74, 6) is 1.06. The molecule has 0 fully saturated rings. The molecule has 0 aliphatic heterocycles. The van der Waals surface area contributed by atoms with Gasteiger partial charge in [-0.15, -0.1) is 0 Å². The smallest absolute Gasteiger partial charge is 0.251 e. The molecule has 0 atom stereocenters. The van der Waals surface area contributed by atoms with E-state index in [2.05, 4.69) is 12.2 Å². The van der Waals surface area contributed by atoms with Gasteiger partial charge in [0.2, 0.25) is 0 Å². The summed E-state index contributed by atoms with van der Waals surface area (Å²) in [6, 6.07) is 21.5. The zero-order chi connectivity index (χ0) is 22.3. The predicted molar refractivity (Wildman–Crippen MR) is 123 cm³/mol. The summed E-state index contributed by atoms with van der Waals surface area (Å²) in [5, 5.41) is 2.94. The molecule has 0 aliphatic carbocycles. The van der Waals surface area contributed by atoms with Crippen LogP contribution in [0.4, 0.5) is 4.39 Å². The third-order valence-corrected chi connectivity index (χ3v) is 5.25. The lowest BCUT2D eigenvalue weighted by Crippen LogP contribution is -2.24. The highest BCUT2D eigenvalue weighted by molar-refractivity contribution is 5.97. The van der Waals surface area contributed by atoms with Gasteiger partial charge in [0.15, 0.2) is 0 Å². The Morgan fingerprint density at radius 3 is 2.69 bits per heavy atom. The number of hydrogen-bond donors (Lipinski definition) is 1. The van der Waals surface area contributed by atoms with Crippen molar-refractivity contribution in [2.24, 2.45) is 0 Å². The fraction of sp³-hybridized carbons (Fsp3) is 0.231. The quantitative estimate of drug-likeness (QED) is 0.364. The molecule has 0 saturated carbocycles. The molecule has 5 nitrogen and oxygen atoms in total. The summed E-state index contributed by atoms with van der Waals surface area (Å²) in [5.41, 5.74) is 2.97. The van der Waals surface area contributed by atoms with Gasteiger partial charge in [-0.25, -0.2) is 9.37 Å². The maximum Gasteiger partial charge on any atom is 0.251 e. The maximum atomic E-state index is 13.8. The molecule has 0 aliphatic rings. The minimum Gasteiger partial charge on any atom is -0.486 e. The number of carbonyl (C=O) groups is 1. The van der Waals surface area contributed by atoms with E-state index >= 15 is 0 Å². The van der Waals surface area contributed by atoms with Crippen LogP contribution < -0.4 is 10.1 Å². The van der Waals surface area contributed by atoms with Crippen molar-refractivity contribution in [3.05, 3.63) is 95.6 Å². The summed E-state index contributed by atoms with van der Waals surface area (Å²) < 4.78 is 21.7. The molecule has 4 rings (SSSR count). The van der Waals surface area contributed by atoms with Crippen LogP contribution >= 0.6 is 0 Å². The van der Waals surface area contributed by atoms with Crippen LogP contribution in [0.1, 0.15) is 41.5 Å². The molecular weight excluding hydrogens is 405 g/mol. The van der Waals surface area contributed by atoms with E-state index in [9.17, 15) is 9.18 Å². The van der Waals surface area contributed by atoms with E-state index < -0.39 is 0 Å². The first kappa shape index (κ1) is 21.6. The Morgan fingerprint density at radius 1 is 1.06 bits per heavy atom. The molecule has 0 spiro atoms. The first-order valence-corrected chi connectivity index (χ1v) is 10.8. The van der Waals surface area contributed by atoms with Crippen molar-refractivity contribution in [2.45, 2.75) is 32.9 Å². The minimum atomic E-state index is -0.278. The fourth-order valence-corrected chi connectivity index (χ4v) is 3.57. The van der Waals surface area contributed by atoms with Crippen molar-refractivity contribution in [3.63, 3.8) is 0 Å². The van der Waals surface area contributed by atoms with Crippen molar-refractivity contribution in [3.8, 4) is 5.75 Å². The molecule has 6 heteroatoms. The van der Waals surface area contributed by atoms with E-state index in [1.807, 2.05) is 47.0 Å². The Hall–Kier alpha value is -3.67. The van der Waals surface area contributed by atoms with Crippen LogP contribution in [-0.4, -0.2) is 22.0 Å². The van der Waals surface area contributed by atoms with Gasteiger partial charge in [0.1, 0.15) is 24.0 Å². The van der Waals surface area contributed by atoms with Gasteiger partial charge in [0.25, 0.3) is 5.91 Å². The summed E-state index contributed by atoms with van der Waals surface area (Å²) in [6.07, 6.45) is 1.96. The number of fused-ring (bicyclic) bond motifs is 1. The predicted octanol–water partition coefficient (Wildman–Crippen LogP) is 5.33. The van der Waals surface area contributed by atoms with Gasteiger partial charge in [-0.05, 0) is 54.4 Å². The molecule has 0 saturated heterocycles. The average Bonchev–Trinajstić information content (AvgIpc) is 3.15.